The quantitative estimate of drug-likeness (QED) is 0.456. The standard InChI is InChI=1S/C12H12N2O5/c1-7(15)13-4-3-8-5-9(12(16)19-2)6-10(11(8)13)14(17)18/h5-6H,3-4H2,1-2H3. The highest BCUT2D eigenvalue weighted by Gasteiger charge is 2.32. The second-order valence-electron chi connectivity index (χ2n) is 4.17. The molecule has 0 saturated heterocycles. The Morgan fingerprint density at radius 2 is 2.11 bits per heavy atom. The van der Waals surface area contributed by atoms with Crippen LogP contribution in [0.5, 0.6) is 0 Å². The fraction of sp³-hybridized carbons (Fsp3) is 0.333. The van der Waals surface area contributed by atoms with Crippen molar-refractivity contribution in [3.8, 4) is 0 Å². The highest BCUT2D eigenvalue weighted by Crippen LogP contribution is 2.38. The minimum atomic E-state index is -0.632. The van der Waals surface area contributed by atoms with E-state index in [4.69, 9.17) is 0 Å². The van der Waals surface area contributed by atoms with Crippen LogP contribution in [0.15, 0.2) is 12.1 Å². The molecule has 7 nitrogen and oxygen atoms in total. The molecule has 0 bridgehead atoms. The van der Waals surface area contributed by atoms with E-state index in [1.807, 2.05) is 0 Å². The van der Waals surface area contributed by atoms with Gasteiger partial charge in [0, 0.05) is 19.5 Å². The lowest BCUT2D eigenvalue weighted by atomic mass is 10.1. The number of ether oxygens (including phenoxy) is 1. The summed E-state index contributed by atoms with van der Waals surface area (Å²) in [7, 11) is 1.21. The van der Waals surface area contributed by atoms with Gasteiger partial charge < -0.3 is 9.64 Å². The summed E-state index contributed by atoms with van der Waals surface area (Å²) in [6.45, 7) is 1.74. The van der Waals surface area contributed by atoms with Crippen molar-refractivity contribution in [1.82, 2.24) is 0 Å². The molecule has 0 fully saturated rings. The molecule has 0 aromatic heterocycles. The molecule has 100 valence electrons. The van der Waals surface area contributed by atoms with E-state index in [0.29, 0.717) is 18.5 Å². The molecule has 0 aliphatic carbocycles. The van der Waals surface area contributed by atoms with E-state index in [1.165, 1.54) is 25.0 Å². The molecule has 1 aromatic rings. The topological polar surface area (TPSA) is 89.8 Å². The lowest BCUT2D eigenvalue weighted by molar-refractivity contribution is -0.384. The lowest BCUT2D eigenvalue weighted by Crippen LogP contribution is -2.26. The number of fused-ring (bicyclic) bond motifs is 1. The predicted octanol–water partition coefficient (Wildman–Crippen LogP) is 1.29. The maximum absolute atomic E-state index is 11.5. The number of hydrogen-bond acceptors (Lipinski definition) is 5. The van der Waals surface area contributed by atoms with Crippen LogP contribution < -0.4 is 4.90 Å². The van der Waals surface area contributed by atoms with Crippen LogP contribution in [0.25, 0.3) is 0 Å². The third-order valence-corrected chi connectivity index (χ3v) is 3.04. The number of nitrogens with zero attached hydrogens (tertiary/aromatic N) is 2. The number of esters is 1. The first-order valence-electron chi connectivity index (χ1n) is 5.63. The zero-order valence-corrected chi connectivity index (χ0v) is 10.5. The monoisotopic (exact) mass is 264 g/mol. The van der Waals surface area contributed by atoms with Gasteiger partial charge in [-0.3, -0.25) is 14.9 Å². The molecule has 0 spiro atoms. The molecule has 2 rings (SSSR count). The van der Waals surface area contributed by atoms with Crippen molar-refractivity contribution in [2.45, 2.75) is 13.3 Å². The molecule has 0 saturated carbocycles. The van der Waals surface area contributed by atoms with E-state index in [9.17, 15) is 19.7 Å². The average molecular weight is 264 g/mol. The summed E-state index contributed by atoms with van der Waals surface area (Å²) in [6, 6.07) is 2.68. The summed E-state index contributed by atoms with van der Waals surface area (Å²) in [6.07, 6.45) is 0.487. The first-order chi connectivity index (χ1) is 8.95. The molecule has 19 heavy (non-hydrogen) atoms. The number of methoxy groups -OCH3 is 1. The fourth-order valence-corrected chi connectivity index (χ4v) is 2.21. The van der Waals surface area contributed by atoms with Crippen LogP contribution in [0.2, 0.25) is 0 Å². The molecule has 1 aliphatic rings. The first-order valence-corrected chi connectivity index (χ1v) is 5.63. The van der Waals surface area contributed by atoms with Gasteiger partial charge in [-0.2, -0.15) is 0 Å². The molecule has 1 aliphatic heterocycles. The Balaban J connectivity index is 2.62. The Kier molecular flexibility index (Phi) is 3.20. The molecule has 0 N–H and O–H groups in total. The second-order valence-corrected chi connectivity index (χ2v) is 4.17. The number of amides is 1. The van der Waals surface area contributed by atoms with E-state index < -0.39 is 10.9 Å². The summed E-state index contributed by atoms with van der Waals surface area (Å²) in [4.78, 5) is 34.8. The van der Waals surface area contributed by atoms with E-state index >= 15 is 0 Å². The predicted molar refractivity (Wildman–Crippen MR) is 66.2 cm³/mol. The summed E-state index contributed by atoms with van der Waals surface area (Å²) in [5, 5.41) is 11.1. The van der Waals surface area contributed by atoms with Crippen LogP contribution in [0.4, 0.5) is 11.4 Å². The average Bonchev–Trinajstić information content (AvgIpc) is 2.80. The van der Waals surface area contributed by atoms with E-state index in [2.05, 4.69) is 4.74 Å². The Hall–Kier alpha value is -2.44. The number of benzene rings is 1. The molecule has 0 unspecified atom stereocenters. The third kappa shape index (κ3) is 2.14. The molecular weight excluding hydrogens is 252 g/mol. The van der Waals surface area contributed by atoms with E-state index in [-0.39, 0.29) is 22.8 Å². The van der Waals surface area contributed by atoms with Gasteiger partial charge >= 0.3 is 5.97 Å². The molecule has 7 heteroatoms. The number of carbonyl (C=O) groups is 2. The summed E-state index contributed by atoms with van der Waals surface area (Å²) >= 11 is 0. The van der Waals surface area contributed by atoms with Crippen molar-refractivity contribution < 1.29 is 19.2 Å². The Morgan fingerprint density at radius 3 is 2.63 bits per heavy atom. The SMILES string of the molecule is COC(=O)c1cc2c(c([N+](=O)[O-])c1)N(C(C)=O)CC2. The molecule has 1 amide bonds. The van der Waals surface area contributed by atoms with Gasteiger partial charge in [0.05, 0.1) is 17.6 Å². The number of rotatable bonds is 2. The third-order valence-electron chi connectivity index (χ3n) is 3.04. The second kappa shape index (κ2) is 4.68. The molecule has 1 aromatic carbocycles. The number of nitro benzene ring substituents is 1. The van der Waals surface area contributed by atoms with E-state index in [1.54, 1.807) is 0 Å². The van der Waals surface area contributed by atoms with E-state index in [0.717, 1.165) is 6.07 Å². The van der Waals surface area contributed by atoms with Gasteiger partial charge in [-0.1, -0.05) is 0 Å². The van der Waals surface area contributed by atoms with Crippen LogP contribution in [0, 0.1) is 10.1 Å². The van der Waals surface area contributed by atoms with Gasteiger partial charge in [-0.25, -0.2) is 4.79 Å². The molecule has 1 heterocycles. The van der Waals surface area contributed by atoms with Crippen LogP contribution >= 0.6 is 0 Å². The Labute approximate surface area is 108 Å². The van der Waals surface area contributed by atoms with Crippen LogP contribution in [-0.4, -0.2) is 30.5 Å². The molecule has 0 atom stereocenters. The van der Waals surface area contributed by atoms with Crippen molar-refractivity contribution in [2.75, 3.05) is 18.6 Å². The maximum atomic E-state index is 11.5. The van der Waals surface area contributed by atoms with Crippen molar-refractivity contribution >= 4 is 23.3 Å². The van der Waals surface area contributed by atoms with Gasteiger partial charge in [0.15, 0.2) is 0 Å². The Bertz CT molecular complexity index is 582. The fourth-order valence-electron chi connectivity index (χ4n) is 2.21. The highest BCUT2D eigenvalue weighted by molar-refractivity contribution is 5.99. The van der Waals surface area contributed by atoms with Crippen molar-refractivity contribution in [2.24, 2.45) is 0 Å². The number of hydrogen-bond donors (Lipinski definition) is 0. The van der Waals surface area contributed by atoms with Gasteiger partial charge in [0.2, 0.25) is 5.91 Å². The number of anilines is 1. The first kappa shape index (κ1) is 13.0. The van der Waals surface area contributed by atoms with Gasteiger partial charge in [0.25, 0.3) is 5.69 Å². The van der Waals surface area contributed by atoms with Crippen LogP contribution in [0.3, 0.4) is 0 Å². The minimum absolute atomic E-state index is 0.123. The summed E-state index contributed by atoms with van der Waals surface area (Å²) < 4.78 is 4.56. The number of nitro groups is 1. The Morgan fingerprint density at radius 1 is 1.42 bits per heavy atom. The molecule has 0 radical (unpaired) electrons. The summed E-state index contributed by atoms with van der Waals surface area (Å²) in [5.41, 5.74) is 0.777. The highest BCUT2D eigenvalue weighted by atomic mass is 16.6. The molecular formula is C12H12N2O5. The summed E-state index contributed by atoms with van der Waals surface area (Å²) in [5.74, 6) is -0.889. The van der Waals surface area contributed by atoms with Gasteiger partial charge in [0.1, 0.15) is 5.69 Å². The van der Waals surface area contributed by atoms with Crippen LogP contribution in [0.1, 0.15) is 22.8 Å². The van der Waals surface area contributed by atoms with Crippen molar-refractivity contribution in [1.29, 1.82) is 0 Å². The largest absolute Gasteiger partial charge is 0.465 e. The minimum Gasteiger partial charge on any atom is -0.465 e. The number of carbonyl (C=O) groups excluding carboxylic acids is 2. The van der Waals surface area contributed by atoms with Crippen molar-refractivity contribution in [3.63, 3.8) is 0 Å². The zero-order valence-electron chi connectivity index (χ0n) is 10.5. The normalized spacial score (nSPS) is 13.1. The maximum Gasteiger partial charge on any atom is 0.338 e. The smallest absolute Gasteiger partial charge is 0.338 e. The van der Waals surface area contributed by atoms with Crippen molar-refractivity contribution in [3.05, 3.63) is 33.4 Å². The zero-order chi connectivity index (χ0) is 14.2. The van der Waals surface area contributed by atoms with Gasteiger partial charge in [-0.05, 0) is 18.1 Å². The van der Waals surface area contributed by atoms with Gasteiger partial charge in [-0.15, -0.1) is 0 Å². The lowest BCUT2D eigenvalue weighted by Gasteiger charge is -2.14. The van der Waals surface area contributed by atoms with Crippen LogP contribution in [-0.2, 0) is 16.0 Å².